The lowest BCUT2D eigenvalue weighted by atomic mass is 9.30. The summed E-state index contributed by atoms with van der Waals surface area (Å²) in [5, 5.41) is 2.40. The summed E-state index contributed by atoms with van der Waals surface area (Å²) >= 11 is 0. The van der Waals surface area contributed by atoms with Gasteiger partial charge in [0.25, 0.3) is 0 Å². The van der Waals surface area contributed by atoms with Gasteiger partial charge in [0.05, 0.1) is 22.9 Å². The monoisotopic (exact) mass is 500 g/mol. The van der Waals surface area contributed by atoms with Crippen molar-refractivity contribution in [2.45, 2.75) is 56.4 Å². The third-order valence-corrected chi connectivity index (χ3v) is 9.76. The van der Waals surface area contributed by atoms with Crippen LogP contribution in [0.4, 0.5) is 11.5 Å². The molecule has 1 aromatic carbocycles. The number of benzene rings is 1. The highest BCUT2D eigenvalue weighted by atomic mass is 16.2. The number of imide groups is 1. The molecule has 1 unspecified atom stereocenters. The average Bonchev–Trinajstić information content (AvgIpc) is 3.09. The van der Waals surface area contributed by atoms with Crippen LogP contribution in [0.5, 0.6) is 0 Å². The molecule has 2 amide bonds. The van der Waals surface area contributed by atoms with Gasteiger partial charge in [0.2, 0.25) is 11.8 Å². The van der Waals surface area contributed by atoms with Gasteiger partial charge >= 0.3 is 5.69 Å². The van der Waals surface area contributed by atoms with Crippen LogP contribution in [-0.4, -0.2) is 39.0 Å². The number of nitrogen functional groups attached to an aromatic ring is 1. The number of aryl methyl sites for hydroxylation is 1. The molecule has 2 aliphatic heterocycles. The van der Waals surface area contributed by atoms with Gasteiger partial charge in [0.15, 0.2) is 0 Å². The second-order valence-corrected chi connectivity index (χ2v) is 11.7. The van der Waals surface area contributed by atoms with E-state index in [1.165, 1.54) is 37.7 Å². The van der Waals surface area contributed by atoms with Crippen molar-refractivity contribution < 1.29 is 9.59 Å². The van der Waals surface area contributed by atoms with Gasteiger partial charge < -0.3 is 10.6 Å². The van der Waals surface area contributed by atoms with E-state index >= 15 is 0 Å². The number of imidazole rings is 1. The summed E-state index contributed by atoms with van der Waals surface area (Å²) in [6.45, 7) is 2.09. The maximum Gasteiger partial charge on any atom is 0.329 e. The third kappa shape index (κ3) is 3.15. The molecule has 192 valence electrons. The van der Waals surface area contributed by atoms with Gasteiger partial charge in [-0.2, -0.15) is 0 Å². The zero-order valence-electron chi connectivity index (χ0n) is 21.1. The zero-order valence-corrected chi connectivity index (χ0v) is 21.1. The number of pyridine rings is 1. The molecule has 2 aromatic heterocycles. The lowest BCUT2D eigenvalue weighted by Crippen LogP contribution is -2.68. The van der Waals surface area contributed by atoms with Gasteiger partial charge in [-0.3, -0.25) is 24.0 Å². The number of nitrogens with two attached hydrogens (primary N) is 1. The Morgan fingerprint density at radius 1 is 1.03 bits per heavy atom. The van der Waals surface area contributed by atoms with Crippen LogP contribution in [0, 0.1) is 11.3 Å². The molecule has 3 N–H and O–H groups in total. The normalized spacial score (nSPS) is 29.6. The Labute approximate surface area is 214 Å². The van der Waals surface area contributed by atoms with Crippen LogP contribution >= 0.6 is 0 Å². The summed E-state index contributed by atoms with van der Waals surface area (Å²) in [5.74, 6) is 0.619. The van der Waals surface area contributed by atoms with Crippen LogP contribution in [0.15, 0.2) is 41.3 Å². The van der Waals surface area contributed by atoms with E-state index in [2.05, 4.69) is 27.3 Å². The van der Waals surface area contributed by atoms with Crippen LogP contribution in [0.25, 0.3) is 11.0 Å². The number of para-hydroxylation sites is 1. The molecular weight excluding hydrogens is 468 g/mol. The number of nitrogens with zero attached hydrogens (tertiary/aromatic N) is 4. The van der Waals surface area contributed by atoms with Gasteiger partial charge in [-0.1, -0.05) is 12.1 Å². The Morgan fingerprint density at radius 2 is 1.78 bits per heavy atom. The molecule has 3 aliphatic carbocycles. The van der Waals surface area contributed by atoms with Crippen LogP contribution in [-0.2, 0) is 22.1 Å². The summed E-state index contributed by atoms with van der Waals surface area (Å²) < 4.78 is 3.31. The molecule has 3 saturated carbocycles. The molecule has 3 aromatic rings. The van der Waals surface area contributed by atoms with E-state index in [1.807, 2.05) is 24.4 Å². The number of hydrogen-bond acceptors (Lipinski definition) is 6. The molecule has 5 fully saturated rings. The van der Waals surface area contributed by atoms with Crippen molar-refractivity contribution in [3.05, 3.63) is 52.6 Å². The summed E-state index contributed by atoms with van der Waals surface area (Å²) in [6.07, 6.45) is 8.37. The molecule has 0 radical (unpaired) electrons. The summed E-state index contributed by atoms with van der Waals surface area (Å²) in [7, 11) is 1.81. The van der Waals surface area contributed by atoms with Crippen molar-refractivity contribution in [3.63, 3.8) is 0 Å². The number of fused-ring (bicyclic) bond motifs is 1. The van der Waals surface area contributed by atoms with Gasteiger partial charge in [0.1, 0.15) is 11.9 Å². The first-order valence-electron chi connectivity index (χ1n) is 13.3. The first-order chi connectivity index (χ1) is 17.8. The number of rotatable bonds is 4. The van der Waals surface area contributed by atoms with E-state index in [0.717, 1.165) is 35.7 Å². The lowest BCUT2D eigenvalue weighted by molar-refractivity contribution is -0.185. The Balaban J connectivity index is 1.11. The van der Waals surface area contributed by atoms with Crippen molar-refractivity contribution in [2.24, 2.45) is 18.4 Å². The van der Waals surface area contributed by atoms with E-state index < -0.39 is 6.04 Å². The van der Waals surface area contributed by atoms with Crippen LogP contribution in [0.3, 0.4) is 0 Å². The second-order valence-electron chi connectivity index (χ2n) is 11.7. The summed E-state index contributed by atoms with van der Waals surface area (Å²) in [5.41, 5.74) is 10.2. The minimum atomic E-state index is -0.648. The maximum atomic E-state index is 13.3. The molecule has 2 bridgehead atoms. The Bertz CT molecular complexity index is 1470. The lowest BCUT2D eigenvalue weighted by Gasteiger charge is -2.74. The number of aromatic nitrogens is 3. The molecule has 0 spiro atoms. The second kappa shape index (κ2) is 7.69. The van der Waals surface area contributed by atoms with Crippen molar-refractivity contribution in [1.29, 1.82) is 0 Å². The largest absolute Gasteiger partial charge is 0.384 e. The first-order valence-corrected chi connectivity index (χ1v) is 13.3. The minimum absolute atomic E-state index is 0.124. The van der Waals surface area contributed by atoms with Crippen LogP contribution in [0.1, 0.15) is 56.6 Å². The summed E-state index contributed by atoms with van der Waals surface area (Å²) in [6, 6.07) is 9.41. The predicted molar refractivity (Wildman–Crippen MR) is 140 cm³/mol. The number of amides is 2. The summed E-state index contributed by atoms with van der Waals surface area (Å²) in [4.78, 5) is 44.3. The maximum absolute atomic E-state index is 13.3. The van der Waals surface area contributed by atoms with Crippen molar-refractivity contribution >= 4 is 34.4 Å². The quantitative estimate of drug-likeness (QED) is 0.532. The Morgan fingerprint density at radius 3 is 2.46 bits per heavy atom. The fourth-order valence-corrected chi connectivity index (χ4v) is 8.02. The van der Waals surface area contributed by atoms with Crippen molar-refractivity contribution in [2.75, 3.05) is 23.7 Å². The molecule has 5 aliphatic rings. The van der Waals surface area contributed by atoms with Crippen LogP contribution in [0.2, 0.25) is 0 Å². The Hall–Kier alpha value is -3.62. The van der Waals surface area contributed by atoms with Crippen molar-refractivity contribution in [1.82, 2.24) is 19.4 Å². The molecular formula is C28H32N6O3. The number of carbonyl (C=O) groups excluding carboxylic acids is 2. The van der Waals surface area contributed by atoms with Gasteiger partial charge in [-0.25, -0.2) is 9.78 Å². The highest BCUT2D eigenvalue weighted by molar-refractivity contribution is 6.00. The predicted octanol–water partition coefficient (Wildman–Crippen LogP) is 2.63. The number of nitrogens with one attached hydrogen (secondary N) is 1. The van der Waals surface area contributed by atoms with E-state index in [4.69, 9.17) is 5.73 Å². The average molecular weight is 501 g/mol. The standard InChI is InChI=1S/C28H32N6O3/c1-32-24-19(3-2-4-20(24)34(26(32)37)21-6-8-23(35)31-25(21)36)28-14-27(15-28,16-28)17-9-11-33(12-10-17)18-5-7-22(29)30-13-18/h2-5,7,13,17,21H,6,8-12,14-16H2,1H3,(H2,29,30)(H,31,35,36). The van der Waals surface area contributed by atoms with E-state index in [1.54, 1.807) is 16.2 Å². The van der Waals surface area contributed by atoms with E-state index in [-0.39, 0.29) is 29.3 Å². The number of carbonyl (C=O) groups is 2. The third-order valence-electron chi connectivity index (χ3n) is 9.76. The molecule has 2 saturated heterocycles. The zero-order chi connectivity index (χ0) is 25.5. The minimum Gasteiger partial charge on any atom is -0.384 e. The first kappa shape index (κ1) is 22.6. The topological polar surface area (TPSA) is 115 Å². The van der Waals surface area contributed by atoms with E-state index in [0.29, 0.717) is 17.7 Å². The van der Waals surface area contributed by atoms with Crippen molar-refractivity contribution in [3.8, 4) is 0 Å². The number of anilines is 2. The molecule has 4 heterocycles. The SMILES string of the molecule is Cn1c(=O)n(C2CCC(=O)NC2=O)c2cccc(C34CC(C5CCN(c6ccc(N)nc6)CC5)(C3)C4)c21. The highest BCUT2D eigenvalue weighted by Crippen LogP contribution is 2.77. The molecule has 1 atom stereocenters. The van der Waals surface area contributed by atoms with E-state index in [9.17, 15) is 14.4 Å². The highest BCUT2D eigenvalue weighted by Gasteiger charge is 2.70. The van der Waals surface area contributed by atoms with Gasteiger partial charge in [0, 0.05) is 26.6 Å². The fraction of sp³-hybridized carbons (Fsp3) is 0.500. The van der Waals surface area contributed by atoms with Crippen LogP contribution < -0.4 is 21.6 Å². The smallest absolute Gasteiger partial charge is 0.329 e. The number of hydrogen-bond donors (Lipinski definition) is 2. The number of piperidine rings is 2. The van der Waals surface area contributed by atoms with Gasteiger partial charge in [-0.05, 0) is 79.0 Å². The molecule has 8 rings (SSSR count). The molecule has 9 nitrogen and oxygen atoms in total. The Kier molecular flexibility index (Phi) is 4.69. The fourth-order valence-electron chi connectivity index (χ4n) is 8.02. The van der Waals surface area contributed by atoms with Gasteiger partial charge in [-0.15, -0.1) is 0 Å². The molecule has 37 heavy (non-hydrogen) atoms. The molecule has 9 heteroatoms.